The second-order valence-electron chi connectivity index (χ2n) is 4.68. The number of rotatable bonds is 5. The van der Waals surface area contributed by atoms with Crippen LogP contribution in [0.1, 0.15) is 19.4 Å². The lowest BCUT2D eigenvalue weighted by molar-refractivity contribution is -0.719. The quantitative estimate of drug-likeness (QED) is 0.654. The van der Waals surface area contributed by atoms with Crippen molar-refractivity contribution in [2.24, 2.45) is 0 Å². The highest BCUT2D eigenvalue weighted by Gasteiger charge is 2.26. The minimum atomic E-state index is -4.00. The standard InChI is InChI=1S/C14H17N2O3P/c1-2-14(11-20(17,18)19)16-9-5-13(6-10-16)12-3-7-15-8-4-12/h3-10,14H,2,11H2,1H3,(H-,17,18,19)/p+1. The number of aromatic nitrogens is 2. The van der Waals surface area contributed by atoms with Gasteiger partial charge in [0.25, 0.3) is 0 Å². The Morgan fingerprint density at radius 1 is 1.15 bits per heavy atom. The molecule has 0 spiro atoms. The Labute approximate surface area is 118 Å². The molecule has 2 aromatic heterocycles. The third-order valence-electron chi connectivity index (χ3n) is 3.21. The molecular formula is C14H18N2O3P+. The molecular weight excluding hydrogens is 275 g/mol. The Morgan fingerprint density at radius 3 is 2.20 bits per heavy atom. The summed E-state index contributed by atoms with van der Waals surface area (Å²) in [7, 11) is -4.00. The van der Waals surface area contributed by atoms with Crippen molar-refractivity contribution < 1.29 is 18.9 Å². The number of pyridine rings is 2. The lowest BCUT2D eigenvalue weighted by Gasteiger charge is -2.11. The van der Waals surface area contributed by atoms with Gasteiger partial charge in [-0.05, 0) is 23.3 Å². The van der Waals surface area contributed by atoms with Crippen molar-refractivity contribution in [1.82, 2.24) is 4.98 Å². The fourth-order valence-electron chi connectivity index (χ4n) is 2.13. The fourth-order valence-corrected chi connectivity index (χ4v) is 3.12. The van der Waals surface area contributed by atoms with Crippen LogP contribution in [0, 0.1) is 0 Å². The van der Waals surface area contributed by atoms with E-state index in [9.17, 15) is 4.57 Å². The van der Waals surface area contributed by atoms with Gasteiger partial charge in [0.2, 0.25) is 0 Å². The molecule has 2 rings (SSSR count). The Bertz CT molecular complexity index is 596. The summed E-state index contributed by atoms with van der Waals surface area (Å²) in [5.74, 6) is 0. The van der Waals surface area contributed by atoms with Crippen LogP contribution in [0.4, 0.5) is 0 Å². The Hall–Kier alpha value is -1.55. The van der Waals surface area contributed by atoms with Crippen LogP contribution >= 0.6 is 7.60 Å². The van der Waals surface area contributed by atoms with Crippen molar-refractivity contribution in [2.45, 2.75) is 19.4 Å². The van der Waals surface area contributed by atoms with Gasteiger partial charge in [-0.3, -0.25) is 9.55 Å². The molecule has 0 aliphatic carbocycles. The highest BCUT2D eigenvalue weighted by atomic mass is 31.2. The van der Waals surface area contributed by atoms with Crippen LogP contribution in [-0.2, 0) is 4.57 Å². The molecule has 0 aromatic carbocycles. The first-order valence-electron chi connectivity index (χ1n) is 6.45. The maximum Gasteiger partial charge on any atom is 0.332 e. The Morgan fingerprint density at radius 2 is 1.70 bits per heavy atom. The van der Waals surface area contributed by atoms with E-state index in [0.717, 1.165) is 11.1 Å². The molecule has 106 valence electrons. The maximum atomic E-state index is 11.1. The van der Waals surface area contributed by atoms with Crippen molar-refractivity contribution in [2.75, 3.05) is 6.16 Å². The molecule has 0 saturated carbocycles. The van der Waals surface area contributed by atoms with Crippen LogP contribution < -0.4 is 4.57 Å². The molecule has 5 nitrogen and oxygen atoms in total. The molecule has 0 aliphatic rings. The summed E-state index contributed by atoms with van der Waals surface area (Å²) in [6, 6.07) is 7.54. The molecule has 1 unspecified atom stereocenters. The summed E-state index contributed by atoms with van der Waals surface area (Å²) >= 11 is 0. The van der Waals surface area contributed by atoms with Gasteiger partial charge in [-0.1, -0.05) is 6.92 Å². The van der Waals surface area contributed by atoms with Crippen LogP contribution in [0.3, 0.4) is 0 Å². The van der Waals surface area contributed by atoms with Crippen LogP contribution in [0.5, 0.6) is 0 Å². The molecule has 2 N–H and O–H groups in total. The number of hydrogen-bond donors (Lipinski definition) is 2. The molecule has 2 heterocycles. The van der Waals surface area contributed by atoms with Crippen molar-refractivity contribution in [1.29, 1.82) is 0 Å². The molecule has 0 fully saturated rings. The van der Waals surface area contributed by atoms with Crippen molar-refractivity contribution in [3.8, 4) is 11.1 Å². The molecule has 1 atom stereocenters. The van der Waals surface area contributed by atoms with Crippen LogP contribution in [0.25, 0.3) is 11.1 Å². The Balaban J connectivity index is 2.21. The first-order chi connectivity index (χ1) is 9.49. The molecule has 0 bridgehead atoms. The summed E-state index contributed by atoms with van der Waals surface area (Å²) in [5.41, 5.74) is 2.12. The molecule has 0 amide bonds. The van der Waals surface area contributed by atoms with E-state index in [4.69, 9.17) is 9.79 Å². The second kappa shape index (κ2) is 6.27. The van der Waals surface area contributed by atoms with Crippen molar-refractivity contribution in [3.05, 3.63) is 49.1 Å². The first kappa shape index (κ1) is 14.9. The lowest BCUT2D eigenvalue weighted by atomic mass is 10.1. The predicted molar refractivity (Wildman–Crippen MR) is 76.1 cm³/mol. The monoisotopic (exact) mass is 293 g/mol. The third-order valence-corrected chi connectivity index (χ3v) is 4.10. The van der Waals surface area contributed by atoms with Gasteiger partial charge in [-0.25, -0.2) is 4.57 Å². The smallest absolute Gasteiger partial charge is 0.324 e. The van der Waals surface area contributed by atoms with Gasteiger partial charge < -0.3 is 9.79 Å². The van der Waals surface area contributed by atoms with Gasteiger partial charge in [0.15, 0.2) is 18.4 Å². The average molecular weight is 293 g/mol. The summed E-state index contributed by atoms with van der Waals surface area (Å²) < 4.78 is 13.0. The van der Waals surface area contributed by atoms with E-state index in [2.05, 4.69) is 4.98 Å². The van der Waals surface area contributed by atoms with Gasteiger partial charge in [0.1, 0.15) is 6.16 Å². The zero-order chi connectivity index (χ0) is 14.6. The zero-order valence-electron chi connectivity index (χ0n) is 11.3. The molecule has 0 radical (unpaired) electrons. The van der Waals surface area contributed by atoms with E-state index in [1.807, 2.05) is 48.1 Å². The molecule has 6 heteroatoms. The van der Waals surface area contributed by atoms with Crippen LogP contribution in [0.2, 0.25) is 0 Å². The van der Waals surface area contributed by atoms with E-state index >= 15 is 0 Å². The topological polar surface area (TPSA) is 74.3 Å². The third kappa shape index (κ3) is 3.97. The van der Waals surface area contributed by atoms with Crippen molar-refractivity contribution >= 4 is 7.60 Å². The maximum absolute atomic E-state index is 11.1. The zero-order valence-corrected chi connectivity index (χ0v) is 12.1. The van der Waals surface area contributed by atoms with E-state index in [0.29, 0.717) is 6.42 Å². The first-order valence-corrected chi connectivity index (χ1v) is 8.25. The van der Waals surface area contributed by atoms with Crippen molar-refractivity contribution in [3.63, 3.8) is 0 Å². The molecule has 0 saturated heterocycles. The second-order valence-corrected chi connectivity index (χ2v) is 6.37. The van der Waals surface area contributed by atoms with E-state index in [-0.39, 0.29) is 12.2 Å². The highest BCUT2D eigenvalue weighted by molar-refractivity contribution is 7.51. The fraction of sp³-hybridized carbons (Fsp3) is 0.286. The minimum absolute atomic E-state index is 0.136. The summed E-state index contributed by atoms with van der Waals surface area (Å²) in [5, 5.41) is 0. The number of hydrogen-bond acceptors (Lipinski definition) is 2. The number of nitrogens with zero attached hydrogens (tertiary/aromatic N) is 2. The molecule has 0 aliphatic heterocycles. The molecule has 2 aromatic rings. The lowest BCUT2D eigenvalue weighted by Crippen LogP contribution is -2.40. The molecule has 20 heavy (non-hydrogen) atoms. The van der Waals surface area contributed by atoms with Gasteiger partial charge in [0, 0.05) is 30.9 Å². The summed E-state index contributed by atoms with van der Waals surface area (Å²) in [6.07, 6.45) is 7.73. The van der Waals surface area contributed by atoms with Gasteiger partial charge in [-0.2, -0.15) is 0 Å². The minimum Gasteiger partial charge on any atom is -0.324 e. The van der Waals surface area contributed by atoms with Crippen LogP contribution in [0.15, 0.2) is 49.1 Å². The predicted octanol–water partition coefficient (Wildman–Crippen LogP) is 2.16. The highest BCUT2D eigenvalue weighted by Crippen LogP contribution is 2.37. The summed E-state index contributed by atoms with van der Waals surface area (Å²) in [4.78, 5) is 22.2. The van der Waals surface area contributed by atoms with E-state index < -0.39 is 7.60 Å². The average Bonchev–Trinajstić information content (AvgIpc) is 2.45. The SMILES string of the molecule is CCC(CP(=O)(O)O)[n+]1ccc(-c2ccncc2)cc1. The van der Waals surface area contributed by atoms with Gasteiger partial charge >= 0.3 is 7.60 Å². The normalized spacial score (nSPS) is 13.2. The van der Waals surface area contributed by atoms with Crippen LogP contribution in [-0.4, -0.2) is 20.9 Å². The van der Waals surface area contributed by atoms with E-state index in [1.54, 1.807) is 12.4 Å². The summed E-state index contributed by atoms with van der Waals surface area (Å²) in [6.45, 7) is 1.92. The Kier molecular flexibility index (Phi) is 4.65. The van der Waals surface area contributed by atoms with Gasteiger partial charge in [0.05, 0.1) is 0 Å². The van der Waals surface area contributed by atoms with Gasteiger partial charge in [-0.15, -0.1) is 0 Å². The van der Waals surface area contributed by atoms with E-state index in [1.165, 1.54) is 0 Å². The largest absolute Gasteiger partial charge is 0.332 e.